The van der Waals surface area contributed by atoms with Crippen LogP contribution >= 0.6 is 0 Å². The van der Waals surface area contributed by atoms with Gasteiger partial charge in [-0.2, -0.15) is 0 Å². The number of rotatable bonds is 5. The highest BCUT2D eigenvalue weighted by atomic mass is 16.2. The molecule has 2 fully saturated rings. The maximum absolute atomic E-state index is 12.8. The molecule has 4 amide bonds. The van der Waals surface area contributed by atoms with Crippen molar-refractivity contribution in [1.82, 2.24) is 9.80 Å². The number of likely N-dealkylation sites (tertiary alicyclic amines) is 1. The van der Waals surface area contributed by atoms with Crippen LogP contribution in [0.15, 0.2) is 48.5 Å². The zero-order chi connectivity index (χ0) is 24.9. The Morgan fingerprint density at radius 1 is 0.886 bits per heavy atom. The fourth-order valence-corrected chi connectivity index (χ4v) is 5.00. The number of likely N-dealkylation sites (N-methyl/N-ethyl adjacent to an activating group) is 1. The van der Waals surface area contributed by atoms with E-state index in [1.807, 2.05) is 59.3 Å². The second kappa shape index (κ2) is 10.8. The summed E-state index contributed by atoms with van der Waals surface area (Å²) in [7, 11) is 1.86. The number of carbonyl (C=O) groups excluding carboxylic acids is 3. The molecule has 0 spiro atoms. The van der Waals surface area contributed by atoms with E-state index < -0.39 is 0 Å². The monoisotopic (exact) mass is 477 g/mol. The van der Waals surface area contributed by atoms with Crippen molar-refractivity contribution in [2.75, 3.05) is 48.8 Å². The molecule has 0 aliphatic carbocycles. The van der Waals surface area contributed by atoms with Gasteiger partial charge in [-0.05, 0) is 67.1 Å². The van der Waals surface area contributed by atoms with Crippen molar-refractivity contribution in [3.63, 3.8) is 0 Å². The van der Waals surface area contributed by atoms with E-state index in [-0.39, 0.29) is 23.9 Å². The largest absolute Gasteiger partial charge is 0.369 e. The van der Waals surface area contributed by atoms with E-state index >= 15 is 0 Å². The average Bonchev–Trinajstić information content (AvgIpc) is 3.34. The third-order valence-corrected chi connectivity index (χ3v) is 7.15. The number of nitrogens with one attached hydrogen (secondary N) is 2. The molecular weight excluding hydrogens is 442 g/mol. The lowest BCUT2D eigenvalue weighted by Crippen LogP contribution is -2.40. The van der Waals surface area contributed by atoms with Crippen molar-refractivity contribution >= 4 is 34.9 Å². The minimum Gasteiger partial charge on any atom is -0.369 e. The van der Waals surface area contributed by atoms with Crippen LogP contribution in [0.4, 0.5) is 21.9 Å². The summed E-state index contributed by atoms with van der Waals surface area (Å²) in [5.41, 5.74) is 3.89. The third kappa shape index (κ3) is 6.12. The maximum atomic E-state index is 12.8. The van der Waals surface area contributed by atoms with E-state index in [2.05, 4.69) is 21.6 Å². The molecule has 186 valence electrons. The first kappa shape index (κ1) is 24.6. The molecule has 8 heteroatoms. The van der Waals surface area contributed by atoms with Crippen molar-refractivity contribution < 1.29 is 14.4 Å². The third-order valence-electron chi connectivity index (χ3n) is 7.15. The summed E-state index contributed by atoms with van der Waals surface area (Å²) in [4.78, 5) is 41.8. The molecule has 0 saturated carbocycles. The Bertz CT molecular complexity index is 1060. The SMILES string of the molecule is CC(=O)Nc1cccc(C2CCN(C(=O)Nc3ccc(N4CCC(N(C)C(C)=O)C4)cc3)CC2)c1. The van der Waals surface area contributed by atoms with Crippen molar-refractivity contribution in [2.24, 2.45) is 0 Å². The number of urea groups is 1. The Kier molecular flexibility index (Phi) is 7.58. The highest BCUT2D eigenvalue weighted by Crippen LogP contribution is 2.30. The molecule has 0 aromatic heterocycles. The molecule has 2 aromatic rings. The number of piperidine rings is 1. The van der Waals surface area contributed by atoms with Crippen LogP contribution in [0, 0.1) is 0 Å². The molecule has 2 N–H and O–H groups in total. The molecule has 2 heterocycles. The topological polar surface area (TPSA) is 85.0 Å². The van der Waals surface area contributed by atoms with Gasteiger partial charge >= 0.3 is 6.03 Å². The molecule has 2 saturated heterocycles. The predicted octanol–water partition coefficient (Wildman–Crippen LogP) is 4.11. The van der Waals surface area contributed by atoms with Crippen LogP contribution in [-0.4, -0.2) is 66.9 Å². The number of nitrogens with zero attached hydrogens (tertiary/aromatic N) is 3. The number of hydrogen-bond acceptors (Lipinski definition) is 4. The Morgan fingerprint density at radius 3 is 2.26 bits per heavy atom. The molecular formula is C27H35N5O3. The Balaban J connectivity index is 1.27. The Labute approximate surface area is 207 Å². The van der Waals surface area contributed by atoms with Crippen molar-refractivity contribution in [3.05, 3.63) is 54.1 Å². The van der Waals surface area contributed by atoms with E-state index in [1.54, 1.807) is 6.92 Å². The maximum Gasteiger partial charge on any atom is 0.321 e. The molecule has 2 aromatic carbocycles. The molecule has 0 radical (unpaired) electrons. The summed E-state index contributed by atoms with van der Waals surface area (Å²) in [6, 6.07) is 16.1. The van der Waals surface area contributed by atoms with Gasteiger partial charge in [-0.15, -0.1) is 0 Å². The van der Waals surface area contributed by atoms with Gasteiger partial charge in [0.05, 0.1) is 6.04 Å². The highest BCUT2D eigenvalue weighted by Gasteiger charge is 2.27. The summed E-state index contributed by atoms with van der Waals surface area (Å²) >= 11 is 0. The summed E-state index contributed by atoms with van der Waals surface area (Å²) in [6.45, 7) is 6.24. The van der Waals surface area contributed by atoms with Crippen LogP contribution in [0.5, 0.6) is 0 Å². The first-order chi connectivity index (χ1) is 16.8. The van der Waals surface area contributed by atoms with Crippen LogP contribution in [0.3, 0.4) is 0 Å². The van der Waals surface area contributed by atoms with Gasteiger partial charge in [0.2, 0.25) is 11.8 Å². The Morgan fingerprint density at radius 2 is 1.60 bits per heavy atom. The number of benzene rings is 2. The first-order valence-electron chi connectivity index (χ1n) is 12.3. The predicted molar refractivity (Wildman–Crippen MR) is 139 cm³/mol. The summed E-state index contributed by atoms with van der Waals surface area (Å²) in [5.74, 6) is 0.391. The van der Waals surface area contributed by atoms with Crippen molar-refractivity contribution in [3.8, 4) is 0 Å². The van der Waals surface area contributed by atoms with E-state index in [4.69, 9.17) is 0 Å². The fraction of sp³-hybridized carbons (Fsp3) is 0.444. The number of anilines is 3. The zero-order valence-electron chi connectivity index (χ0n) is 20.8. The molecule has 1 atom stereocenters. The van der Waals surface area contributed by atoms with Gasteiger partial charge in [-0.1, -0.05) is 12.1 Å². The lowest BCUT2D eigenvalue weighted by atomic mass is 9.89. The molecule has 1 unspecified atom stereocenters. The minimum atomic E-state index is -0.0770. The zero-order valence-corrected chi connectivity index (χ0v) is 20.8. The highest BCUT2D eigenvalue weighted by molar-refractivity contribution is 5.90. The van der Waals surface area contributed by atoms with Gasteiger partial charge in [0.15, 0.2) is 0 Å². The van der Waals surface area contributed by atoms with Crippen LogP contribution in [-0.2, 0) is 9.59 Å². The van der Waals surface area contributed by atoms with Crippen molar-refractivity contribution in [1.29, 1.82) is 0 Å². The van der Waals surface area contributed by atoms with Crippen LogP contribution < -0.4 is 15.5 Å². The molecule has 8 nitrogen and oxygen atoms in total. The van der Waals surface area contributed by atoms with Gasteiger partial charge in [0.1, 0.15) is 0 Å². The van der Waals surface area contributed by atoms with Gasteiger partial charge in [-0.25, -0.2) is 4.79 Å². The van der Waals surface area contributed by atoms with Gasteiger partial charge in [0.25, 0.3) is 0 Å². The van der Waals surface area contributed by atoms with Crippen LogP contribution in [0.25, 0.3) is 0 Å². The molecule has 4 rings (SSSR count). The average molecular weight is 478 g/mol. The molecule has 2 aliphatic heterocycles. The van der Waals surface area contributed by atoms with E-state index in [0.717, 1.165) is 49.4 Å². The van der Waals surface area contributed by atoms with Gasteiger partial charge in [-0.3, -0.25) is 9.59 Å². The molecule has 2 aliphatic rings. The molecule has 0 bridgehead atoms. The Hall–Kier alpha value is -3.55. The second-order valence-corrected chi connectivity index (χ2v) is 9.56. The quantitative estimate of drug-likeness (QED) is 0.679. The number of hydrogen-bond donors (Lipinski definition) is 2. The number of amides is 4. The fourth-order valence-electron chi connectivity index (χ4n) is 5.00. The van der Waals surface area contributed by atoms with Crippen LogP contribution in [0.1, 0.15) is 44.6 Å². The summed E-state index contributed by atoms with van der Waals surface area (Å²) in [6.07, 6.45) is 2.74. The van der Waals surface area contributed by atoms with E-state index in [9.17, 15) is 14.4 Å². The summed E-state index contributed by atoms with van der Waals surface area (Å²) < 4.78 is 0. The minimum absolute atomic E-state index is 0.0764. The summed E-state index contributed by atoms with van der Waals surface area (Å²) in [5, 5.41) is 5.86. The first-order valence-corrected chi connectivity index (χ1v) is 12.3. The second-order valence-electron chi connectivity index (χ2n) is 9.56. The van der Waals surface area contributed by atoms with E-state index in [1.165, 1.54) is 12.5 Å². The lowest BCUT2D eigenvalue weighted by molar-refractivity contribution is -0.129. The van der Waals surface area contributed by atoms with Gasteiger partial charge in [0, 0.05) is 64.1 Å². The lowest BCUT2D eigenvalue weighted by Gasteiger charge is -2.32. The number of carbonyl (C=O) groups is 3. The van der Waals surface area contributed by atoms with Crippen molar-refractivity contribution in [2.45, 2.75) is 45.1 Å². The standard InChI is InChI=1S/C27H35N5O3/c1-19(33)28-24-6-4-5-22(17-24)21-11-14-31(15-12-21)27(35)29-23-7-9-25(10-8-23)32-16-13-26(18-32)30(3)20(2)34/h4-10,17,21,26H,11-16,18H2,1-3H3,(H,28,33)(H,29,35). The smallest absolute Gasteiger partial charge is 0.321 e. The normalized spacial score (nSPS) is 18.3. The van der Waals surface area contributed by atoms with E-state index in [0.29, 0.717) is 19.0 Å². The van der Waals surface area contributed by atoms with Crippen LogP contribution in [0.2, 0.25) is 0 Å². The molecule has 35 heavy (non-hydrogen) atoms. The van der Waals surface area contributed by atoms with Gasteiger partial charge < -0.3 is 25.3 Å².